The number of ether oxygens (including phenoxy) is 1. The van der Waals surface area contributed by atoms with Gasteiger partial charge in [0, 0.05) is 10.8 Å². The maximum atomic E-state index is 12.5. The predicted octanol–water partition coefficient (Wildman–Crippen LogP) is 3.62. The van der Waals surface area contributed by atoms with Gasteiger partial charge in [0.15, 0.2) is 0 Å². The zero-order chi connectivity index (χ0) is 15.3. The van der Waals surface area contributed by atoms with Crippen LogP contribution in [-0.4, -0.2) is 18.6 Å². The number of esters is 1. The maximum absolute atomic E-state index is 12.5. The zero-order valence-corrected chi connectivity index (χ0v) is 11.8. The van der Waals surface area contributed by atoms with Crippen molar-refractivity contribution in [1.82, 2.24) is 0 Å². The molecule has 1 rings (SSSR count). The molecule has 0 heterocycles. The van der Waals surface area contributed by atoms with Gasteiger partial charge in [-0.3, -0.25) is 4.79 Å². The van der Waals surface area contributed by atoms with Gasteiger partial charge in [-0.2, -0.15) is 18.4 Å². The van der Waals surface area contributed by atoms with Crippen LogP contribution >= 0.6 is 23.4 Å². The van der Waals surface area contributed by atoms with Crippen molar-refractivity contribution in [2.75, 3.05) is 7.11 Å². The van der Waals surface area contributed by atoms with Crippen LogP contribution in [-0.2, 0) is 21.8 Å². The minimum atomic E-state index is -4.50. The first-order chi connectivity index (χ1) is 9.30. The van der Waals surface area contributed by atoms with E-state index in [4.69, 9.17) is 16.9 Å². The zero-order valence-electron chi connectivity index (χ0n) is 10.3. The molecular formula is C12H9ClF3NO2S. The van der Waals surface area contributed by atoms with Crippen molar-refractivity contribution in [3.63, 3.8) is 0 Å². The first-order valence-corrected chi connectivity index (χ1v) is 6.60. The third-order valence-electron chi connectivity index (χ3n) is 2.35. The summed E-state index contributed by atoms with van der Waals surface area (Å²) in [4.78, 5) is 11.1. The lowest BCUT2D eigenvalue weighted by atomic mass is 10.0. The largest absolute Gasteiger partial charge is 0.469 e. The van der Waals surface area contributed by atoms with E-state index >= 15 is 0 Å². The number of hydrogen-bond donors (Lipinski definition) is 0. The number of hydrogen-bond acceptors (Lipinski definition) is 4. The number of carbonyl (C=O) groups is 1. The van der Waals surface area contributed by atoms with Crippen molar-refractivity contribution >= 4 is 29.3 Å². The van der Waals surface area contributed by atoms with E-state index in [0.29, 0.717) is 0 Å². The second-order valence-corrected chi connectivity index (χ2v) is 5.03. The number of thioether (sulfide) groups is 1. The van der Waals surface area contributed by atoms with Crippen LogP contribution in [0.2, 0.25) is 0 Å². The molecule has 20 heavy (non-hydrogen) atoms. The fraction of sp³-hybridized carbons (Fsp3) is 0.333. The monoisotopic (exact) mass is 323 g/mol. The number of nitriles is 1. The highest BCUT2D eigenvalue weighted by Gasteiger charge is 2.31. The quantitative estimate of drug-likeness (QED) is 0.482. The number of methoxy groups -OCH3 is 1. The summed E-state index contributed by atoms with van der Waals surface area (Å²) in [6.07, 6.45) is -0.237. The van der Waals surface area contributed by atoms with Crippen molar-refractivity contribution in [2.45, 2.75) is 22.7 Å². The average Bonchev–Trinajstić information content (AvgIpc) is 2.36. The van der Waals surface area contributed by atoms with Crippen LogP contribution in [0.15, 0.2) is 17.0 Å². The van der Waals surface area contributed by atoms with Crippen LogP contribution in [0.4, 0.5) is 13.2 Å². The van der Waals surface area contributed by atoms with Crippen LogP contribution < -0.4 is 0 Å². The molecule has 0 saturated heterocycles. The Morgan fingerprint density at radius 1 is 1.50 bits per heavy atom. The van der Waals surface area contributed by atoms with Crippen LogP contribution in [0.5, 0.6) is 0 Å². The normalized spacial score (nSPS) is 11.0. The Kier molecular flexibility index (Phi) is 5.72. The highest BCUT2D eigenvalue weighted by atomic mass is 35.5. The van der Waals surface area contributed by atoms with Crippen molar-refractivity contribution in [2.24, 2.45) is 0 Å². The standard InChI is InChI=1S/C12H9ClF3NO2S/c1-19-11(18)4-8-2-7(6-17)3-10(9(8)5-13)20-12(14,15)16/h2-3H,4-5H2,1H3. The van der Waals surface area contributed by atoms with Crippen molar-refractivity contribution in [3.8, 4) is 6.07 Å². The van der Waals surface area contributed by atoms with E-state index < -0.39 is 11.5 Å². The molecule has 0 spiro atoms. The Labute approximate surface area is 122 Å². The molecule has 0 bridgehead atoms. The Morgan fingerprint density at radius 3 is 2.60 bits per heavy atom. The molecule has 0 aliphatic rings. The topological polar surface area (TPSA) is 50.1 Å². The number of alkyl halides is 4. The summed E-state index contributed by atoms with van der Waals surface area (Å²) in [6, 6.07) is 4.21. The lowest BCUT2D eigenvalue weighted by molar-refractivity contribution is -0.139. The van der Waals surface area contributed by atoms with Gasteiger partial charge in [-0.15, -0.1) is 11.6 Å². The first kappa shape index (κ1) is 16.7. The number of benzene rings is 1. The lowest BCUT2D eigenvalue weighted by Gasteiger charge is -2.14. The van der Waals surface area contributed by atoms with Gasteiger partial charge in [0.1, 0.15) is 0 Å². The van der Waals surface area contributed by atoms with E-state index in [2.05, 4.69) is 4.74 Å². The van der Waals surface area contributed by atoms with E-state index in [9.17, 15) is 18.0 Å². The fourth-order valence-electron chi connectivity index (χ4n) is 1.52. The SMILES string of the molecule is COC(=O)Cc1cc(C#N)cc(SC(F)(F)F)c1CCl. The predicted molar refractivity (Wildman–Crippen MR) is 68.3 cm³/mol. The summed E-state index contributed by atoms with van der Waals surface area (Å²) in [5.41, 5.74) is -4.03. The van der Waals surface area contributed by atoms with Crippen LogP contribution in [0.25, 0.3) is 0 Å². The average molecular weight is 324 g/mol. The molecule has 0 unspecified atom stereocenters. The second kappa shape index (κ2) is 6.86. The third kappa shape index (κ3) is 4.62. The number of nitrogens with zero attached hydrogens (tertiary/aromatic N) is 1. The van der Waals surface area contributed by atoms with Gasteiger partial charge >= 0.3 is 11.5 Å². The Hall–Kier alpha value is -1.39. The summed E-state index contributed by atoms with van der Waals surface area (Å²) >= 11 is 5.32. The van der Waals surface area contributed by atoms with Gasteiger partial charge in [0.05, 0.1) is 25.2 Å². The summed E-state index contributed by atoms with van der Waals surface area (Å²) in [5.74, 6) is -0.814. The molecule has 0 amide bonds. The fourth-order valence-corrected chi connectivity index (χ4v) is 2.68. The molecule has 0 N–H and O–H groups in total. The van der Waals surface area contributed by atoms with E-state index in [1.54, 1.807) is 6.07 Å². The summed E-state index contributed by atoms with van der Waals surface area (Å²) in [5, 5.41) is 8.85. The molecule has 108 valence electrons. The van der Waals surface area contributed by atoms with Gasteiger partial charge in [0.2, 0.25) is 0 Å². The molecule has 3 nitrogen and oxygen atoms in total. The number of carbonyl (C=O) groups excluding carboxylic acids is 1. The summed E-state index contributed by atoms with van der Waals surface area (Å²) in [6.45, 7) is 0. The molecule has 0 aliphatic heterocycles. The summed E-state index contributed by atoms with van der Waals surface area (Å²) < 4.78 is 42.0. The van der Waals surface area contributed by atoms with Gasteiger partial charge in [0.25, 0.3) is 0 Å². The van der Waals surface area contributed by atoms with Gasteiger partial charge < -0.3 is 4.74 Å². The smallest absolute Gasteiger partial charge is 0.446 e. The molecule has 0 aliphatic carbocycles. The highest BCUT2D eigenvalue weighted by Crippen LogP contribution is 2.40. The lowest BCUT2D eigenvalue weighted by Crippen LogP contribution is -2.09. The molecule has 0 saturated carbocycles. The van der Waals surface area contributed by atoms with Gasteiger partial charge in [-0.25, -0.2) is 0 Å². The molecule has 0 fully saturated rings. The second-order valence-electron chi connectivity index (χ2n) is 3.66. The number of rotatable bonds is 4. The first-order valence-electron chi connectivity index (χ1n) is 5.25. The Morgan fingerprint density at radius 2 is 2.15 bits per heavy atom. The van der Waals surface area contributed by atoms with Crippen LogP contribution in [0.3, 0.4) is 0 Å². The molecule has 0 radical (unpaired) electrons. The Balaban J connectivity index is 3.32. The van der Waals surface area contributed by atoms with Gasteiger partial charge in [-0.1, -0.05) is 0 Å². The molecule has 8 heteroatoms. The van der Waals surface area contributed by atoms with Gasteiger partial charge in [-0.05, 0) is 35.0 Å². The number of halogens is 4. The summed E-state index contributed by atoms with van der Waals surface area (Å²) in [7, 11) is 1.17. The van der Waals surface area contributed by atoms with Crippen LogP contribution in [0.1, 0.15) is 16.7 Å². The minimum Gasteiger partial charge on any atom is -0.469 e. The van der Waals surface area contributed by atoms with E-state index in [0.717, 1.165) is 6.07 Å². The molecule has 1 aromatic carbocycles. The van der Waals surface area contributed by atoms with Crippen molar-refractivity contribution in [3.05, 3.63) is 28.8 Å². The molecule has 0 atom stereocenters. The maximum Gasteiger partial charge on any atom is 0.446 e. The van der Waals surface area contributed by atoms with E-state index in [1.807, 2.05) is 0 Å². The Bertz CT molecular complexity index is 555. The third-order valence-corrected chi connectivity index (χ3v) is 3.44. The van der Waals surface area contributed by atoms with Crippen LogP contribution in [0, 0.1) is 11.3 Å². The highest BCUT2D eigenvalue weighted by molar-refractivity contribution is 8.00. The van der Waals surface area contributed by atoms with E-state index in [1.165, 1.54) is 13.2 Å². The molecule has 1 aromatic rings. The molecular weight excluding hydrogens is 315 g/mol. The van der Waals surface area contributed by atoms with E-state index in [-0.39, 0.29) is 45.6 Å². The van der Waals surface area contributed by atoms with Crippen molar-refractivity contribution < 1.29 is 22.7 Å². The molecule has 0 aromatic heterocycles. The van der Waals surface area contributed by atoms with Crippen molar-refractivity contribution in [1.29, 1.82) is 5.26 Å². The minimum absolute atomic E-state index is 0.0320.